The number of carbonyl (C=O) groups excluding carboxylic acids is 1. The van der Waals surface area contributed by atoms with Gasteiger partial charge in [-0.2, -0.15) is 0 Å². The molecule has 20 heavy (non-hydrogen) atoms. The SMILES string of the molecule is CCCCCCC(CCCCC)C(=O)OC(C)CCC. The Kier molecular flexibility index (Phi) is 13.1. The molecule has 0 aromatic rings. The summed E-state index contributed by atoms with van der Waals surface area (Å²) in [4.78, 5) is 12.3. The Bertz CT molecular complexity index is 225. The van der Waals surface area contributed by atoms with Gasteiger partial charge in [0.25, 0.3) is 0 Å². The van der Waals surface area contributed by atoms with Gasteiger partial charge in [-0.3, -0.25) is 4.79 Å². The quantitative estimate of drug-likeness (QED) is 0.311. The Balaban J connectivity index is 4.15. The Morgan fingerprint density at radius 1 is 0.800 bits per heavy atom. The van der Waals surface area contributed by atoms with Crippen molar-refractivity contribution in [3.63, 3.8) is 0 Å². The van der Waals surface area contributed by atoms with Crippen molar-refractivity contribution >= 4 is 5.97 Å². The minimum atomic E-state index is 0.0542. The predicted molar refractivity (Wildman–Crippen MR) is 86.9 cm³/mol. The molecular weight excluding hydrogens is 248 g/mol. The van der Waals surface area contributed by atoms with Crippen molar-refractivity contribution in [2.24, 2.45) is 5.92 Å². The molecule has 0 aliphatic carbocycles. The average molecular weight is 284 g/mol. The van der Waals surface area contributed by atoms with Crippen molar-refractivity contribution in [2.45, 2.75) is 104 Å². The summed E-state index contributed by atoms with van der Waals surface area (Å²) in [6, 6.07) is 0. The van der Waals surface area contributed by atoms with E-state index in [4.69, 9.17) is 4.74 Å². The molecule has 0 fully saturated rings. The highest BCUT2D eigenvalue weighted by molar-refractivity contribution is 5.72. The smallest absolute Gasteiger partial charge is 0.309 e. The number of unbranched alkanes of at least 4 members (excludes halogenated alkanes) is 5. The van der Waals surface area contributed by atoms with E-state index in [1.807, 2.05) is 6.92 Å². The predicted octanol–water partition coefficient (Wildman–Crippen LogP) is 5.89. The largest absolute Gasteiger partial charge is 0.462 e. The van der Waals surface area contributed by atoms with Gasteiger partial charge in [-0.05, 0) is 26.2 Å². The van der Waals surface area contributed by atoms with Crippen molar-refractivity contribution in [1.29, 1.82) is 0 Å². The second-order valence-electron chi connectivity index (χ2n) is 6.08. The molecule has 0 aromatic heterocycles. The summed E-state index contributed by atoms with van der Waals surface area (Å²) in [6.07, 6.45) is 12.7. The van der Waals surface area contributed by atoms with E-state index in [0.717, 1.165) is 32.1 Å². The van der Waals surface area contributed by atoms with Gasteiger partial charge in [0, 0.05) is 0 Å². The van der Waals surface area contributed by atoms with Gasteiger partial charge < -0.3 is 4.74 Å². The molecule has 0 radical (unpaired) electrons. The summed E-state index contributed by atoms with van der Waals surface area (Å²) in [5.41, 5.74) is 0. The molecule has 2 unspecified atom stereocenters. The molecule has 0 amide bonds. The molecule has 0 N–H and O–H groups in total. The lowest BCUT2D eigenvalue weighted by atomic mass is 9.95. The molecule has 0 rings (SSSR count). The van der Waals surface area contributed by atoms with Gasteiger partial charge in [-0.15, -0.1) is 0 Å². The molecule has 2 heteroatoms. The summed E-state index contributed by atoms with van der Waals surface area (Å²) in [7, 11) is 0. The standard InChI is InChI=1S/C18H36O2/c1-5-8-10-12-15-17(14-11-9-6-2)18(19)20-16(4)13-7-3/h16-17H,5-15H2,1-4H3. The van der Waals surface area contributed by atoms with Crippen LogP contribution in [0.3, 0.4) is 0 Å². The molecule has 0 spiro atoms. The Morgan fingerprint density at radius 2 is 1.35 bits per heavy atom. The van der Waals surface area contributed by atoms with Gasteiger partial charge in [-0.1, -0.05) is 72.1 Å². The lowest BCUT2D eigenvalue weighted by Crippen LogP contribution is -2.23. The molecule has 2 nitrogen and oxygen atoms in total. The van der Waals surface area contributed by atoms with Crippen LogP contribution in [0.4, 0.5) is 0 Å². The molecule has 0 bridgehead atoms. The third-order valence-corrected chi connectivity index (χ3v) is 3.91. The van der Waals surface area contributed by atoms with Crippen LogP contribution in [0.5, 0.6) is 0 Å². The zero-order valence-corrected chi connectivity index (χ0v) is 14.2. The van der Waals surface area contributed by atoms with Crippen LogP contribution in [0.25, 0.3) is 0 Å². The van der Waals surface area contributed by atoms with Crippen molar-refractivity contribution < 1.29 is 9.53 Å². The van der Waals surface area contributed by atoms with Gasteiger partial charge in [0.1, 0.15) is 0 Å². The summed E-state index contributed by atoms with van der Waals surface area (Å²) in [6.45, 7) is 8.58. The topological polar surface area (TPSA) is 26.3 Å². The average Bonchev–Trinajstić information content (AvgIpc) is 2.41. The molecule has 120 valence electrons. The first-order chi connectivity index (χ1) is 9.65. The van der Waals surface area contributed by atoms with Crippen molar-refractivity contribution in [3.8, 4) is 0 Å². The minimum Gasteiger partial charge on any atom is -0.462 e. The first-order valence-corrected chi connectivity index (χ1v) is 8.86. The van der Waals surface area contributed by atoms with E-state index in [1.165, 1.54) is 38.5 Å². The maximum Gasteiger partial charge on any atom is 0.309 e. The zero-order chi connectivity index (χ0) is 15.2. The molecule has 0 aromatic carbocycles. The summed E-state index contributed by atoms with van der Waals surface area (Å²) < 4.78 is 5.60. The zero-order valence-electron chi connectivity index (χ0n) is 14.2. The number of rotatable bonds is 13. The van der Waals surface area contributed by atoms with E-state index < -0.39 is 0 Å². The van der Waals surface area contributed by atoms with Gasteiger partial charge in [0.05, 0.1) is 12.0 Å². The van der Waals surface area contributed by atoms with Crippen LogP contribution in [-0.2, 0) is 9.53 Å². The van der Waals surface area contributed by atoms with Crippen LogP contribution in [0.2, 0.25) is 0 Å². The number of carbonyl (C=O) groups is 1. The fraction of sp³-hybridized carbons (Fsp3) is 0.944. The van der Waals surface area contributed by atoms with Crippen LogP contribution in [0.15, 0.2) is 0 Å². The fourth-order valence-corrected chi connectivity index (χ4v) is 2.60. The van der Waals surface area contributed by atoms with Crippen LogP contribution in [0, 0.1) is 5.92 Å². The highest BCUT2D eigenvalue weighted by atomic mass is 16.5. The summed E-state index contributed by atoms with van der Waals surface area (Å²) in [5, 5.41) is 0. The van der Waals surface area contributed by atoms with Gasteiger partial charge >= 0.3 is 5.97 Å². The van der Waals surface area contributed by atoms with Gasteiger partial charge in [0.15, 0.2) is 0 Å². The number of esters is 1. The third kappa shape index (κ3) is 10.3. The maximum absolute atomic E-state index is 12.3. The van der Waals surface area contributed by atoms with E-state index in [-0.39, 0.29) is 18.0 Å². The summed E-state index contributed by atoms with van der Waals surface area (Å²) in [5.74, 6) is 0.191. The van der Waals surface area contributed by atoms with E-state index in [0.29, 0.717) is 0 Å². The second kappa shape index (κ2) is 13.5. The van der Waals surface area contributed by atoms with E-state index in [2.05, 4.69) is 20.8 Å². The Labute approximate surface area is 126 Å². The van der Waals surface area contributed by atoms with E-state index in [1.54, 1.807) is 0 Å². The first-order valence-electron chi connectivity index (χ1n) is 8.86. The number of hydrogen-bond donors (Lipinski definition) is 0. The maximum atomic E-state index is 12.3. The number of hydrogen-bond acceptors (Lipinski definition) is 2. The normalized spacial score (nSPS) is 14.0. The minimum absolute atomic E-state index is 0.0542. The highest BCUT2D eigenvalue weighted by Crippen LogP contribution is 2.20. The molecule has 0 aliphatic heterocycles. The molecule has 0 aliphatic rings. The van der Waals surface area contributed by atoms with Crippen LogP contribution >= 0.6 is 0 Å². The van der Waals surface area contributed by atoms with E-state index in [9.17, 15) is 4.79 Å². The fourth-order valence-electron chi connectivity index (χ4n) is 2.60. The Hall–Kier alpha value is -0.530. The van der Waals surface area contributed by atoms with Crippen molar-refractivity contribution in [1.82, 2.24) is 0 Å². The lowest BCUT2D eigenvalue weighted by molar-refractivity contribution is -0.154. The Morgan fingerprint density at radius 3 is 1.90 bits per heavy atom. The molecule has 0 heterocycles. The third-order valence-electron chi connectivity index (χ3n) is 3.91. The first kappa shape index (κ1) is 19.5. The molecule has 0 saturated carbocycles. The van der Waals surface area contributed by atoms with Gasteiger partial charge in [0.2, 0.25) is 0 Å². The molecule has 0 saturated heterocycles. The van der Waals surface area contributed by atoms with E-state index >= 15 is 0 Å². The molecular formula is C18H36O2. The summed E-state index contributed by atoms with van der Waals surface area (Å²) >= 11 is 0. The van der Waals surface area contributed by atoms with Crippen molar-refractivity contribution in [2.75, 3.05) is 0 Å². The lowest BCUT2D eigenvalue weighted by Gasteiger charge is -2.19. The number of ether oxygens (including phenoxy) is 1. The highest BCUT2D eigenvalue weighted by Gasteiger charge is 2.21. The second-order valence-corrected chi connectivity index (χ2v) is 6.08. The van der Waals surface area contributed by atoms with Crippen molar-refractivity contribution in [3.05, 3.63) is 0 Å². The van der Waals surface area contributed by atoms with Gasteiger partial charge in [-0.25, -0.2) is 0 Å². The monoisotopic (exact) mass is 284 g/mol. The van der Waals surface area contributed by atoms with Crippen LogP contribution < -0.4 is 0 Å². The van der Waals surface area contributed by atoms with Crippen LogP contribution in [-0.4, -0.2) is 12.1 Å². The molecule has 2 atom stereocenters. The van der Waals surface area contributed by atoms with Crippen LogP contribution in [0.1, 0.15) is 98.3 Å².